The molecule has 1 aromatic carbocycles. The molecule has 0 bridgehead atoms. The van der Waals surface area contributed by atoms with Crippen molar-refractivity contribution in [2.75, 3.05) is 5.32 Å². The minimum Gasteiger partial charge on any atom is -0.306 e. The van der Waals surface area contributed by atoms with Crippen molar-refractivity contribution in [3.05, 3.63) is 71.7 Å². The Morgan fingerprint density at radius 1 is 1.16 bits per heavy atom. The van der Waals surface area contributed by atoms with Crippen LogP contribution in [0.3, 0.4) is 0 Å². The molecule has 0 saturated carbocycles. The minimum atomic E-state index is -4.45. The van der Waals surface area contributed by atoms with Crippen molar-refractivity contribution < 1.29 is 18.0 Å². The maximum atomic E-state index is 12.9. The molecule has 0 aliphatic carbocycles. The first-order valence-corrected chi connectivity index (χ1v) is 7.31. The lowest BCUT2D eigenvalue weighted by atomic mass is 10.2. The predicted octanol–water partition coefficient (Wildman–Crippen LogP) is 3.85. The van der Waals surface area contributed by atoms with E-state index in [2.05, 4.69) is 15.4 Å². The normalized spacial score (nSPS) is 11.4. The molecule has 0 aliphatic rings. The smallest absolute Gasteiger partial charge is 0.306 e. The molecule has 0 saturated heterocycles. The monoisotopic (exact) mass is 346 g/mol. The summed E-state index contributed by atoms with van der Waals surface area (Å²) >= 11 is 0. The van der Waals surface area contributed by atoms with Crippen LogP contribution in [0.15, 0.2) is 54.9 Å². The van der Waals surface area contributed by atoms with Crippen molar-refractivity contribution in [1.82, 2.24) is 14.8 Å². The van der Waals surface area contributed by atoms with Gasteiger partial charge in [0, 0.05) is 6.20 Å². The van der Waals surface area contributed by atoms with E-state index in [9.17, 15) is 18.0 Å². The maximum absolute atomic E-state index is 12.9. The van der Waals surface area contributed by atoms with Gasteiger partial charge < -0.3 is 5.32 Å². The van der Waals surface area contributed by atoms with Gasteiger partial charge in [-0.3, -0.25) is 4.79 Å². The molecule has 1 N–H and O–H groups in total. The molecule has 8 heteroatoms. The Labute approximate surface area is 141 Å². The average molecular weight is 346 g/mol. The van der Waals surface area contributed by atoms with Gasteiger partial charge in [-0.05, 0) is 37.3 Å². The quantitative estimate of drug-likeness (QED) is 0.784. The van der Waals surface area contributed by atoms with Gasteiger partial charge in [0.1, 0.15) is 5.82 Å². The van der Waals surface area contributed by atoms with E-state index >= 15 is 0 Å². The number of pyridine rings is 1. The van der Waals surface area contributed by atoms with Crippen LogP contribution >= 0.6 is 0 Å². The Bertz CT molecular complexity index is 904. The number of hydrogen-bond donors (Lipinski definition) is 1. The van der Waals surface area contributed by atoms with Gasteiger partial charge in [0.25, 0.3) is 5.91 Å². The van der Waals surface area contributed by atoms with Crippen LogP contribution in [0.2, 0.25) is 0 Å². The molecular formula is C17H13F3N4O. The zero-order valence-corrected chi connectivity index (χ0v) is 13.1. The molecule has 0 radical (unpaired) electrons. The molecule has 3 rings (SSSR count). The van der Waals surface area contributed by atoms with Gasteiger partial charge in [-0.25, -0.2) is 9.67 Å². The van der Waals surface area contributed by atoms with Crippen molar-refractivity contribution in [2.45, 2.75) is 13.1 Å². The fraction of sp³-hybridized carbons (Fsp3) is 0.118. The first kappa shape index (κ1) is 16.7. The van der Waals surface area contributed by atoms with Crippen LogP contribution in [0.1, 0.15) is 21.6 Å². The molecule has 0 fully saturated rings. The highest BCUT2D eigenvalue weighted by atomic mass is 19.4. The van der Waals surface area contributed by atoms with Crippen molar-refractivity contribution in [1.29, 1.82) is 0 Å². The number of carbonyl (C=O) groups is 1. The molecule has 128 valence electrons. The first-order chi connectivity index (χ1) is 11.9. The molecule has 0 spiro atoms. The van der Waals surface area contributed by atoms with Crippen LogP contribution < -0.4 is 5.32 Å². The van der Waals surface area contributed by atoms with Gasteiger partial charge in [-0.1, -0.05) is 12.1 Å². The molecule has 2 heterocycles. The fourth-order valence-electron chi connectivity index (χ4n) is 2.33. The third kappa shape index (κ3) is 3.52. The van der Waals surface area contributed by atoms with Crippen molar-refractivity contribution in [2.24, 2.45) is 0 Å². The van der Waals surface area contributed by atoms with Gasteiger partial charge in [0.05, 0.1) is 28.7 Å². The summed E-state index contributed by atoms with van der Waals surface area (Å²) in [5, 5.41) is 6.66. The fourth-order valence-corrected chi connectivity index (χ4v) is 2.33. The summed E-state index contributed by atoms with van der Waals surface area (Å²) in [5.41, 5.74) is 0.124. The van der Waals surface area contributed by atoms with Gasteiger partial charge in [-0.15, -0.1) is 0 Å². The Hall–Kier alpha value is -3.16. The number of benzene rings is 1. The number of rotatable bonds is 3. The average Bonchev–Trinajstić information content (AvgIpc) is 2.97. The summed E-state index contributed by atoms with van der Waals surface area (Å²) in [7, 11) is 0. The van der Waals surface area contributed by atoms with Crippen molar-refractivity contribution in [3.63, 3.8) is 0 Å². The third-order valence-electron chi connectivity index (χ3n) is 3.58. The summed E-state index contributed by atoms with van der Waals surface area (Å²) in [6.07, 6.45) is -1.60. The summed E-state index contributed by atoms with van der Waals surface area (Å²) < 4.78 is 39.9. The highest BCUT2D eigenvalue weighted by Gasteiger charge is 2.30. The predicted molar refractivity (Wildman–Crippen MR) is 85.5 cm³/mol. The molecular weight excluding hydrogens is 333 g/mol. The topological polar surface area (TPSA) is 59.8 Å². The van der Waals surface area contributed by atoms with E-state index in [1.54, 1.807) is 25.1 Å². The number of amides is 1. The van der Waals surface area contributed by atoms with Crippen molar-refractivity contribution in [3.8, 4) is 5.69 Å². The molecule has 5 nitrogen and oxygen atoms in total. The van der Waals surface area contributed by atoms with E-state index < -0.39 is 17.6 Å². The zero-order valence-electron chi connectivity index (χ0n) is 13.1. The molecule has 0 aliphatic heterocycles. The largest absolute Gasteiger partial charge is 0.416 e. The van der Waals surface area contributed by atoms with Gasteiger partial charge >= 0.3 is 6.18 Å². The molecule has 1 amide bonds. The zero-order chi connectivity index (χ0) is 18.0. The Morgan fingerprint density at radius 3 is 2.64 bits per heavy atom. The second-order valence-corrected chi connectivity index (χ2v) is 5.27. The van der Waals surface area contributed by atoms with Crippen LogP contribution in [0, 0.1) is 6.92 Å². The van der Waals surface area contributed by atoms with E-state index in [1.807, 2.05) is 0 Å². The Kier molecular flexibility index (Phi) is 4.26. The van der Waals surface area contributed by atoms with Crippen LogP contribution in [0.5, 0.6) is 0 Å². The summed E-state index contributed by atoms with van der Waals surface area (Å²) in [4.78, 5) is 16.3. The number of alkyl halides is 3. The SMILES string of the molecule is Cc1c(C(=O)Nc2ccccn2)cnn1-c1cccc(C(F)(F)F)c1. The summed E-state index contributed by atoms with van der Waals surface area (Å²) in [6, 6.07) is 9.83. The third-order valence-corrected chi connectivity index (χ3v) is 3.58. The molecule has 3 aromatic rings. The molecule has 2 aromatic heterocycles. The minimum absolute atomic E-state index is 0.226. The number of nitrogens with zero attached hydrogens (tertiary/aromatic N) is 3. The van der Waals surface area contributed by atoms with Gasteiger partial charge in [-0.2, -0.15) is 18.3 Å². The van der Waals surface area contributed by atoms with Crippen LogP contribution in [-0.4, -0.2) is 20.7 Å². The highest BCUT2D eigenvalue weighted by Crippen LogP contribution is 2.30. The summed E-state index contributed by atoms with van der Waals surface area (Å²) in [5.74, 6) is -0.0619. The second kappa shape index (κ2) is 6.39. The number of nitrogens with one attached hydrogen (secondary N) is 1. The molecule has 0 unspecified atom stereocenters. The van der Waals surface area contributed by atoms with Crippen molar-refractivity contribution >= 4 is 11.7 Å². The second-order valence-electron chi connectivity index (χ2n) is 5.27. The molecule has 25 heavy (non-hydrogen) atoms. The summed E-state index contributed by atoms with van der Waals surface area (Å²) in [6.45, 7) is 1.61. The number of aromatic nitrogens is 3. The standard InChI is InChI=1S/C17H13F3N4O/c1-11-14(16(25)23-15-7-2-3-8-21-15)10-22-24(11)13-6-4-5-12(9-13)17(18,19)20/h2-10H,1H3,(H,21,23,25). The van der Waals surface area contributed by atoms with E-state index in [4.69, 9.17) is 0 Å². The van der Waals surface area contributed by atoms with Gasteiger partial charge in [0.2, 0.25) is 0 Å². The number of hydrogen-bond acceptors (Lipinski definition) is 3. The van der Waals surface area contributed by atoms with Gasteiger partial charge in [0.15, 0.2) is 0 Å². The van der Waals surface area contributed by atoms with E-state index in [-0.39, 0.29) is 11.3 Å². The van der Waals surface area contributed by atoms with E-state index in [0.29, 0.717) is 11.5 Å². The maximum Gasteiger partial charge on any atom is 0.416 e. The number of carbonyl (C=O) groups excluding carboxylic acids is 1. The lowest BCUT2D eigenvalue weighted by Crippen LogP contribution is -2.14. The molecule has 0 atom stereocenters. The first-order valence-electron chi connectivity index (χ1n) is 7.31. The Morgan fingerprint density at radius 2 is 1.96 bits per heavy atom. The number of anilines is 1. The lowest BCUT2D eigenvalue weighted by molar-refractivity contribution is -0.137. The van der Waals surface area contributed by atoms with Crippen LogP contribution in [0.4, 0.5) is 19.0 Å². The Balaban J connectivity index is 1.90. The van der Waals surface area contributed by atoms with E-state index in [1.165, 1.54) is 29.2 Å². The van der Waals surface area contributed by atoms with Crippen LogP contribution in [0.25, 0.3) is 5.69 Å². The number of halogens is 3. The van der Waals surface area contributed by atoms with E-state index in [0.717, 1.165) is 12.1 Å². The highest BCUT2D eigenvalue weighted by molar-refractivity contribution is 6.04. The lowest BCUT2D eigenvalue weighted by Gasteiger charge is -2.10. The van der Waals surface area contributed by atoms with Crippen LogP contribution in [-0.2, 0) is 6.18 Å².